The molecule has 0 bridgehead atoms. The number of ether oxygens (including phenoxy) is 1. The predicted octanol–water partition coefficient (Wildman–Crippen LogP) is 1.22. The van der Waals surface area contributed by atoms with Crippen LogP contribution in [0.15, 0.2) is 0 Å². The second-order valence-corrected chi connectivity index (χ2v) is 7.97. The number of nitrogens with one attached hydrogen (secondary N) is 1. The van der Waals surface area contributed by atoms with Gasteiger partial charge in [0.25, 0.3) is 0 Å². The minimum atomic E-state index is -2.75. The number of methoxy groups -OCH3 is 1. The molecule has 1 aliphatic heterocycles. The zero-order chi connectivity index (χ0) is 13.0. The van der Waals surface area contributed by atoms with Gasteiger partial charge < -0.3 is 10.1 Å². The van der Waals surface area contributed by atoms with Crippen LogP contribution in [0, 0.1) is 11.8 Å². The first-order chi connectivity index (χ1) is 8.61. The molecule has 2 aliphatic rings. The van der Waals surface area contributed by atoms with Gasteiger partial charge in [-0.25, -0.2) is 8.42 Å². The van der Waals surface area contributed by atoms with E-state index in [0.717, 1.165) is 32.4 Å². The number of sulfone groups is 1. The van der Waals surface area contributed by atoms with Crippen molar-refractivity contribution in [3.63, 3.8) is 0 Å². The average molecular weight is 275 g/mol. The molecule has 0 radical (unpaired) electrons. The van der Waals surface area contributed by atoms with Crippen molar-refractivity contribution in [2.24, 2.45) is 11.8 Å². The zero-order valence-corrected chi connectivity index (χ0v) is 12.0. The molecular formula is C13H25NO3S. The molecule has 1 saturated carbocycles. The predicted molar refractivity (Wildman–Crippen MR) is 72.4 cm³/mol. The summed E-state index contributed by atoms with van der Waals surface area (Å²) in [6.07, 6.45) is 5.53. The van der Waals surface area contributed by atoms with Crippen molar-refractivity contribution < 1.29 is 13.2 Å². The molecule has 1 heterocycles. The van der Waals surface area contributed by atoms with E-state index in [1.54, 1.807) is 7.11 Å². The van der Waals surface area contributed by atoms with Gasteiger partial charge >= 0.3 is 0 Å². The molecule has 0 aromatic carbocycles. The third-order valence-electron chi connectivity index (χ3n) is 4.10. The molecule has 0 spiro atoms. The third kappa shape index (κ3) is 4.52. The Balaban J connectivity index is 1.81. The van der Waals surface area contributed by atoms with Gasteiger partial charge in [0, 0.05) is 19.8 Å². The van der Waals surface area contributed by atoms with Crippen LogP contribution in [0.4, 0.5) is 0 Å². The van der Waals surface area contributed by atoms with E-state index in [9.17, 15) is 8.42 Å². The quantitative estimate of drug-likeness (QED) is 0.677. The molecule has 106 valence electrons. The summed E-state index contributed by atoms with van der Waals surface area (Å²) in [5, 5.41) is 3.55. The smallest absolute Gasteiger partial charge is 0.150 e. The lowest BCUT2D eigenvalue weighted by atomic mass is 9.88. The second-order valence-electron chi connectivity index (χ2n) is 5.74. The average Bonchev–Trinajstić information content (AvgIpc) is 3.07. The minimum Gasteiger partial charge on any atom is -0.385 e. The summed E-state index contributed by atoms with van der Waals surface area (Å²) >= 11 is 0. The van der Waals surface area contributed by atoms with Gasteiger partial charge in [0.1, 0.15) is 0 Å². The van der Waals surface area contributed by atoms with Gasteiger partial charge in [0.05, 0.1) is 11.5 Å². The van der Waals surface area contributed by atoms with Crippen molar-refractivity contribution >= 4 is 9.84 Å². The van der Waals surface area contributed by atoms with E-state index in [0.29, 0.717) is 29.4 Å². The van der Waals surface area contributed by atoms with Crippen LogP contribution in [0.1, 0.15) is 32.1 Å². The first-order valence-corrected chi connectivity index (χ1v) is 8.85. The van der Waals surface area contributed by atoms with Gasteiger partial charge in [0.2, 0.25) is 0 Å². The van der Waals surface area contributed by atoms with Crippen molar-refractivity contribution in [2.45, 2.75) is 38.1 Å². The Labute approximate surface area is 110 Å². The number of rotatable bonds is 8. The first kappa shape index (κ1) is 14.3. The Morgan fingerprint density at radius 3 is 2.67 bits per heavy atom. The third-order valence-corrected chi connectivity index (χ3v) is 5.90. The van der Waals surface area contributed by atoms with E-state index >= 15 is 0 Å². The lowest BCUT2D eigenvalue weighted by Crippen LogP contribution is -2.30. The van der Waals surface area contributed by atoms with Crippen molar-refractivity contribution in [3.8, 4) is 0 Å². The Morgan fingerprint density at radius 2 is 2.11 bits per heavy atom. The number of hydrogen-bond acceptors (Lipinski definition) is 4. The van der Waals surface area contributed by atoms with Crippen LogP contribution in [-0.4, -0.2) is 46.2 Å². The topological polar surface area (TPSA) is 55.4 Å². The van der Waals surface area contributed by atoms with E-state index in [-0.39, 0.29) is 0 Å². The van der Waals surface area contributed by atoms with Crippen molar-refractivity contribution in [1.29, 1.82) is 0 Å². The van der Waals surface area contributed by atoms with E-state index < -0.39 is 9.84 Å². The summed E-state index contributed by atoms with van der Waals surface area (Å²) in [5.74, 6) is 1.65. The first-order valence-electron chi connectivity index (χ1n) is 7.03. The highest BCUT2D eigenvalue weighted by Gasteiger charge is 2.34. The Morgan fingerprint density at radius 1 is 1.33 bits per heavy atom. The lowest BCUT2D eigenvalue weighted by Gasteiger charge is -2.23. The lowest BCUT2D eigenvalue weighted by molar-refractivity contribution is 0.180. The molecule has 1 aliphatic carbocycles. The second kappa shape index (κ2) is 6.35. The van der Waals surface area contributed by atoms with Gasteiger partial charge in [-0.15, -0.1) is 0 Å². The molecule has 4 nitrogen and oxygen atoms in total. The summed E-state index contributed by atoms with van der Waals surface area (Å²) in [6, 6.07) is 0.702. The summed E-state index contributed by atoms with van der Waals surface area (Å²) in [6.45, 7) is 1.76. The maximum atomic E-state index is 11.6. The van der Waals surface area contributed by atoms with Gasteiger partial charge in [-0.05, 0) is 50.5 Å². The normalized spacial score (nSPS) is 28.4. The standard InChI is InChI=1S/C13H25NO3S/c1-17-7-2-3-11(9-14-13-4-5-13)12-6-8-18(15,16)10-12/h11-14H,2-10H2,1H3. The van der Waals surface area contributed by atoms with Crippen LogP contribution in [0.3, 0.4) is 0 Å². The van der Waals surface area contributed by atoms with Crippen LogP contribution in [0.25, 0.3) is 0 Å². The molecule has 0 aromatic rings. The van der Waals surface area contributed by atoms with Gasteiger partial charge in [-0.1, -0.05) is 0 Å². The molecule has 2 atom stereocenters. The van der Waals surface area contributed by atoms with Gasteiger partial charge in [-0.2, -0.15) is 0 Å². The molecule has 18 heavy (non-hydrogen) atoms. The molecule has 5 heteroatoms. The summed E-state index contributed by atoms with van der Waals surface area (Å²) in [5.41, 5.74) is 0. The van der Waals surface area contributed by atoms with Crippen LogP contribution >= 0.6 is 0 Å². The van der Waals surface area contributed by atoms with E-state index in [1.807, 2.05) is 0 Å². The van der Waals surface area contributed by atoms with Crippen LogP contribution in [0.5, 0.6) is 0 Å². The van der Waals surface area contributed by atoms with Crippen LogP contribution in [0.2, 0.25) is 0 Å². The maximum Gasteiger partial charge on any atom is 0.150 e. The monoisotopic (exact) mass is 275 g/mol. The molecule has 1 saturated heterocycles. The highest BCUT2D eigenvalue weighted by Crippen LogP contribution is 2.29. The fraction of sp³-hybridized carbons (Fsp3) is 1.00. The minimum absolute atomic E-state index is 0.359. The Kier molecular flexibility index (Phi) is 5.04. The summed E-state index contributed by atoms with van der Waals surface area (Å²) < 4.78 is 28.3. The maximum absolute atomic E-state index is 11.6. The Hall–Kier alpha value is -0.130. The largest absolute Gasteiger partial charge is 0.385 e. The zero-order valence-electron chi connectivity index (χ0n) is 11.2. The van der Waals surface area contributed by atoms with Crippen LogP contribution < -0.4 is 5.32 Å². The Bertz CT molecular complexity index is 351. The molecule has 0 amide bonds. The van der Waals surface area contributed by atoms with E-state index in [4.69, 9.17) is 4.74 Å². The molecule has 2 rings (SSSR count). The molecule has 0 aromatic heterocycles. The van der Waals surface area contributed by atoms with E-state index in [2.05, 4.69) is 5.32 Å². The SMILES string of the molecule is COCCCC(CNC1CC1)C1CCS(=O)(=O)C1. The van der Waals surface area contributed by atoms with Gasteiger partial charge in [-0.3, -0.25) is 0 Å². The number of hydrogen-bond donors (Lipinski definition) is 1. The van der Waals surface area contributed by atoms with Crippen molar-refractivity contribution in [3.05, 3.63) is 0 Å². The van der Waals surface area contributed by atoms with Gasteiger partial charge in [0.15, 0.2) is 9.84 Å². The molecular weight excluding hydrogens is 250 g/mol. The highest BCUT2D eigenvalue weighted by molar-refractivity contribution is 7.91. The summed E-state index contributed by atoms with van der Waals surface area (Å²) in [4.78, 5) is 0. The summed E-state index contributed by atoms with van der Waals surface area (Å²) in [7, 11) is -1.03. The van der Waals surface area contributed by atoms with E-state index in [1.165, 1.54) is 12.8 Å². The van der Waals surface area contributed by atoms with Crippen LogP contribution in [-0.2, 0) is 14.6 Å². The molecule has 2 unspecified atom stereocenters. The molecule has 1 N–H and O–H groups in total. The molecule has 2 fully saturated rings. The fourth-order valence-electron chi connectivity index (χ4n) is 2.80. The van der Waals surface area contributed by atoms with Crippen molar-refractivity contribution in [2.75, 3.05) is 31.8 Å². The highest BCUT2D eigenvalue weighted by atomic mass is 32.2. The fourth-order valence-corrected chi connectivity index (χ4v) is 4.72. The van der Waals surface area contributed by atoms with Crippen molar-refractivity contribution in [1.82, 2.24) is 5.32 Å².